The minimum atomic E-state index is 1.09. The molecule has 16 aromatic carbocycles. The molecule has 0 radical (unpaired) electrons. The molecule has 0 aliphatic rings. The molecule has 2 heterocycles. The van der Waals surface area contributed by atoms with Crippen LogP contribution in [-0.4, -0.2) is 16.2 Å². The lowest BCUT2D eigenvalue weighted by Crippen LogP contribution is -2.09. The third-order valence-electron chi connectivity index (χ3n) is 19.5. The molecule has 0 spiro atoms. The van der Waals surface area contributed by atoms with E-state index in [4.69, 9.17) is 0 Å². The van der Waals surface area contributed by atoms with Gasteiger partial charge in [-0.1, -0.05) is 231 Å². The summed E-state index contributed by atoms with van der Waals surface area (Å²) in [7, 11) is 4.32. The molecule has 0 amide bonds. The quantitative estimate of drug-likeness (QED) is 0.127. The second-order valence-corrected chi connectivity index (χ2v) is 24.5. The highest BCUT2D eigenvalue weighted by molar-refractivity contribution is 6.34. The highest BCUT2D eigenvalue weighted by Crippen LogP contribution is 2.48. The normalized spacial score (nSPS) is 11.8. The summed E-state index contributed by atoms with van der Waals surface area (Å²) in [6.45, 7) is 0. The summed E-state index contributed by atoms with van der Waals surface area (Å²) in [6.07, 6.45) is 0. The third-order valence-corrected chi connectivity index (χ3v) is 19.5. The minimum Gasteiger partial charge on any atom is -0.345 e. The molecular formula is C88H60N4. The van der Waals surface area contributed by atoms with Crippen molar-refractivity contribution in [3.8, 4) is 50.2 Å². The number of aryl methyl sites for hydroxylation is 1. The molecule has 0 saturated heterocycles. The van der Waals surface area contributed by atoms with Crippen molar-refractivity contribution in [2.75, 3.05) is 16.8 Å². The van der Waals surface area contributed by atoms with E-state index in [1.807, 2.05) is 0 Å². The van der Waals surface area contributed by atoms with Gasteiger partial charge in [-0.3, -0.25) is 0 Å². The first-order valence-corrected chi connectivity index (χ1v) is 31.8. The van der Waals surface area contributed by atoms with Crippen LogP contribution in [-0.2, 0) is 7.05 Å². The Morgan fingerprint density at radius 3 is 1.47 bits per heavy atom. The molecule has 0 atom stereocenters. The number of aromatic nitrogens is 2. The Morgan fingerprint density at radius 1 is 0.250 bits per heavy atom. The van der Waals surface area contributed by atoms with Crippen molar-refractivity contribution < 1.29 is 0 Å². The summed E-state index contributed by atoms with van der Waals surface area (Å²) in [6, 6.07) is 121. The SMILES string of the molecule is CN(c1ccccc1)c1ccc(-c2cccc3c2c2c4ccccc4c4ccccc4c2n3-c2ccc3cc(-c4cccc5cc(N(c6ccccc6)c6ccc(-c7ccc(-c8cccc9c8c8c%10ccccc%10ccc8n9C)cc7)cc6)ccc45)ccc3c2)cc1. The fourth-order valence-corrected chi connectivity index (χ4v) is 15.0. The first-order valence-electron chi connectivity index (χ1n) is 31.8. The minimum absolute atomic E-state index is 1.09. The number of hydrogen-bond donors (Lipinski definition) is 0. The van der Waals surface area contributed by atoms with Gasteiger partial charge in [-0.05, 0) is 190 Å². The molecule has 18 rings (SSSR count). The van der Waals surface area contributed by atoms with Crippen molar-refractivity contribution in [1.29, 1.82) is 0 Å². The summed E-state index contributed by atoms with van der Waals surface area (Å²) in [5.41, 5.74) is 21.2. The number of nitrogens with zero attached hydrogens (tertiary/aromatic N) is 4. The van der Waals surface area contributed by atoms with Gasteiger partial charge in [0.05, 0.1) is 11.0 Å². The number of rotatable bonds is 10. The van der Waals surface area contributed by atoms with Gasteiger partial charge in [-0.2, -0.15) is 0 Å². The van der Waals surface area contributed by atoms with E-state index in [2.05, 4.69) is 361 Å². The van der Waals surface area contributed by atoms with E-state index in [9.17, 15) is 0 Å². The summed E-state index contributed by atoms with van der Waals surface area (Å²) in [5, 5.41) is 17.5. The monoisotopic (exact) mass is 1170 g/mol. The third kappa shape index (κ3) is 8.52. The van der Waals surface area contributed by atoms with Crippen molar-refractivity contribution in [1.82, 2.24) is 9.13 Å². The van der Waals surface area contributed by atoms with Crippen LogP contribution in [0.5, 0.6) is 0 Å². The first-order chi connectivity index (χ1) is 45.5. The number of fused-ring (bicyclic) bond motifs is 15. The van der Waals surface area contributed by atoms with Crippen LogP contribution in [0.2, 0.25) is 0 Å². The lowest BCUT2D eigenvalue weighted by molar-refractivity contribution is 1.01. The predicted octanol–water partition coefficient (Wildman–Crippen LogP) is 24.1. The van der Waals surface area contributed by atoms with E-state index < -0.39 is 0 Å². The van der Waals surface area contributed by atoms with Crippen molar-refractivity contribution in [3.05, 3.63) is 328 Å². The van der Waals surface area contributed by atoms with Crippen LogP contribution in [0.4, 0.5) is 28.4 Å². The standard InChI is InChI=1S/C88H60N4/c1-89(66-20-5-3-6-21-66)67-46-42-61(43-47-67)76-31-17-33-83-86(76)87-79-27-13-11-25-77(79)78-26-12-14-28-80(78)88(87)92(83)71-50-44-62-54-65(39-38-63(62)55-71)72-29-15-19-64-56-70(51-52-73(64)72)91(68-22-7-4-8-23-68)69-48-40-58(41-49-69)57-34-36-60(37-35-57)75-30-16-32-81-84(75)85-74-24-10-9-18-59(74)45-53-82(85)90(81)2/h3-56H,1-2H3. The summed E-state index contributed by atoms with van der Waals surface area (Å²) >= 11 is 0. The van der Waals surface area contributed by atoms with Gasteiger partial charge < -0.3 is 18.9 Å². The topological polar surface area (TPSA) is 16.3 Å². The largest absolute Gasteiger partial charge is 0.345 e. The molecule has 0 bridgehead atoms. The van der Waals surface area contributed by atoms with Crippen LogP contribution in [0.15, 0.2) is 328 Å². The number of anilines is 5. The Hall–Kier alpha value is -12.0. The molecule has 0 aliphatic heterocycles. The Labute approximate surface area is 533 Å². The fraction of sp³-hybridized carbons (Fsp3) is 0.0227. The molecular weight excluding hydrogens is 1110 g/mol. The summed E-state index contributed by atoms with van der Waals surface area (Å²) < 4.78 is 4.86. The zero-order valence-electron chi connectivity index (χ0n) is 51.0. The lowest BCUT2D eigenvalue weighted by atomic mass is 9.93. The van der Waals surface area contributed by atoms with E-state index in [0.717, 1.165) is 34.1 Å². The molecule has 0 aliphatic carbocycles. The van der Waals surface area contributed by atoms with Gasteiger partial charge in [-0.25, -0.2) is 0 Å². The van der Waals surface area contributed by atoms with Crippen molar-refractivity contribution in [2.24, 2.45) is 7.05 Å². The molecule has 0 fully saturated rings. The van der Waals surface area contributed by atoms with E-state index in [1.54, 1.807) is 0 Å². The Balaban J connectivity index is 0.681. The van der Waals surface area contributed by atoms with Gasteiger partial charge in [0.25, 0.3) is 0 Å². The van der Waals surface area contributed by atoms with Crippen molar-refractivity contribution >= 4 is 126 Å². The molecule has 4 nitrogen and oxygen atoms in total. The van der Waals surface area contributed by atoms with E-state index in [-0.39, 0.29) is 0 Å². The van der Waals surface area contributed by atoms with Crippen LogP contribution >= 0.6 is 0 Å². The Kier molecular flexibility index (Phi) is 12.3. The van der Waals surface area contributed by atoms with Gasteiger partial charge >= 0.3 is 0 Å². The average Bonchev–Trinajstić information content (AvgIpc) is 1.54. The van der Waals surface area contributed by atoms with Crippen LogP contribution in [0.1, 0.15) is 0 Å². The molecule has 18 aromatic rings. The highest BCUT2D eigenvalue weighted by atomic mass is 15.1. The molecule has 0 saturated carbocycles. The summed E-state index contributed by atoms with van der Waals surface area (Å²) in [4.78, 5) is 4.61. The maximum absolute atomic E-state index is 2.53. The Morgan fingerprint density at radius 2 is 0.728 bits per heavy atom. The molecule has 92 heavy (non-hydrogen) atoms. The van der Waals surface area contributed by atoms with Gasteiger partial charge in [-0.15, -0.1) is 0 Å². The fourth-order valence-electron chi connectivity index (χ4n) is 15.0. The smallest absolute Gasteiger partial charge is 0.0626 e. The molecule has 0 N–H and O–H groups in total. The molecule has 432 valence electrons. The summed E-state index contributed by atoms with van der Waals surface area (Å²) in [5.74, 6) is 0. The van der Waals surface area contributed by atoms with Crippen molar-refractivity contribution in [3.63, 3.8) is 0 Å². The maximum atomic E-state index is 2.53. The number of benzene rings is 16. The van der Waals surface area contributed by atoms with E-state index >= 15 is 0 Å². The highest BCUT2D eigenvalue weighted by Gasteiger charge is 2.23. The van der Waals surface area contributed by atoms with Crippen LogP contribution in [0, 0.1) is 0 Å². The van der Waals surface area contributed by atoms with Crippen LogP contribution in [0.3, 0.4) is 0 Å². The molecule has 4 heteroatoms. The second kappa shape index (κ2) is 21.4. The van der Waals surface area contributed by atoms with Gasteiger partial charge in [0.15, 0.2) is 0 Å². The Bertz CT molecular complexity index is 5940. The van der Waals surface area contributed by atoms with Crippen LogP contribution in [0.25, 0.3) is 148 Å². The molecule has 2 aromatic heterocycles. The lowest BCUT2D eigenvalue weighted by Gasteiger charge is -2.26. The number of para-hydroxylation sites is 2. The maximum Gasteiger partial charge on any atom is 0.0626 e. The van der Waals surface area contributed by atoms with Gasteiger partial charge in [0.2, 0.25) is 0 Å². The first kappa shape index (κ1) is 53.1. The van der Waals surface area contributed by atoms with Crippen LogP contribution < -0.4 is 9.80 Å². The molecule has 0 unspecified atom stereocenters. The van der Waals surface area contributed by atoms with E-state index in [1.165, 1.54) is 142 Å². The number of hydrogen-bond acceptors (Lipinski definition) is 2. The van der Waals surface area contributed by atoms with Gasteiger partial charge in [0.1, 0.15) is 0 Å². The average molecular weight is 1170 g/mol. The zero-order chi connectivity index (χ0) is 61.0. The zero-order valence-corrected chi connectivity index (χ0v) is 51.0. The van der Waals surface area contributed by atoms with Gasteiger partial charge in [0, 0.05) is 86.2 Å². The second-order valence-electron chi connectivity index (χ2n) is 24.5. The van der Waals surface area contributed by atoms with E-state index in [0.29, 0.717) is 0 Å². The van der Waals surface area contributed by atoms with Crippen molar-refractivity contribution in [2.45, 2.75) is 0 Å². The predicted molar refractivity (Wildman–Crippen MR) is 393 cm³/mol.